The highest BCUT2D eigenvalue weighted by Gasteiger charge is 2.21. The molecule has 2 rings (SSSR count). The smallest absolute Gasteiger partial charge is 0.133 e. The number of aromatic nitrogens is 1. The third-order valence-electron chi connectivity index (χ3n) is 3.48. The van der Waals surface area contributed by atoms with Gasteiger partial charge in [0.1, 0.15) is 5.82 Å². The second-order valence-electron chi connectivity index (χ2n) is 4.82. The van der Waals surface area contributed by atoms with Crippen molar-refractivity contribution >= 4 is 5.82 Å². The van der Waals surface area contributed by atoms with Gasteiger partial charge in [-0.1, -0.05) is 6.07 Å². The second kappa shape index (κ2) is 5.47. The molecule has 0 aromatic carbocycles. The number of hydrogen-bond acceptors (Lipinski definition) is 4. The summed E-state index contributed by atoms with van der Waals surface area (Å²) in [4.78, 5) is 6.74. The van der Waals surface area contributed by atoms with Gasteiger partial charge in [0.25, 0.3) is 0 Å². The van der Waals surface area contributed by atoms with Gasteiger partial charge in [-0.05, 0) is 31.7 Å². The Morgan fingerprint density at radius 1 is 1.53 bits per heavy atom. The molecule has 0 bridgehead atoms. The Bertz CT molecular complexity index is 359. The van der Waals surface area contributed by atoms with Crippen LogP contribution in [-0.2, 0) is 0 Å². The van der Waals surface area contributed by atoms with Gasteiger partial charge in [-0.25, -0.2) is 4.98 Å². The lowest BCUT2D eigenvalue weighted by molar-refractivity contribution is 0.202. The molecule has 0 spiro atoms. The number of hydrogen-bond donors (Lipinski definition) is 2. The summed E-state index contributed by atoms with van der Waals surface area (Å²) in [6.45, 7) is 4.21. The molecule has 0 radical (unpaired) electrons. The molecule has 1 aliphatic rings. The quantitative estimate of drug-likeness (QED) is 0.829. The van der Waals surface area contributed by atoms with Crippen molar-refractivity contribution in [2.24, 2.45) is 11.7 Å². The first kappa shape index (κ1) is 12.3. The van der Waals surface area contributed by atoms with Gasteiger partial charge in [0, 0.05) is 37.5 Å². The number of aliphatic hydroxyl groups excluding tert-OH is 1. The average molecular weight is 235 g/mol. The number of rotatable bonds is 3. The van der Waals surface area contributed by atoms with Gasteiger partial charge in [0.15, 0.2) is 0 Å². The van der Waals surface area contributed by atoms with Crippen LogP contribution in [0.4, 0.5) is 5.82 Å². The van der Waals surface area contributed by atoms with E-state index in [-0.39, 0.29) is 6.04 Å². The first-order chi connectivity index (χ1) is 8.22. The predicted molar refractivity (Wildman–Crippen MR) is 68.9 cm³/mol. The fourth-order valence-electron chi connectivity index (χ4n) is 2.36. The number of nitrogens with two attached hydrogens (primary N) is 1. The summed E-state index contributed by atoms with van der Waals surface area (Å²) in [5.41, 5.74) is 7.07. The van der Waals surface area contributed by atoms with Crippen LogP contribution >= 0.6 is 0 Å². The highest BCUT2D eigenvalue weighted by Crippen LogP contribution is 2.26. The number of anilines is 1. The van der Waals surface area contributed by atoms with E-state index < -0.39 is 0 Å². The minimum Gasteiger partial charge on any atom is -0.396 e. The van der Waals surface area contributed by atoms with E-state index in [4.69, 9.17) is 10.8 Å². The molecule has 1 saturated heterocycles. The molecule has 4 nitrogen and oxygen atoms in total. The maximum atomic E-state index is 9.14. The SMILES string of the molecule is CC(N)c1cccnc1N1CCC(CO)CC1. The van der Waals surface area contributed by atoms with Gasteiger partial charge in [0.05, 0.1) is 0 Å². The van der Waals surface area contributed by atoms with Crippen LogP contribution < -0.4 is 10.6 Å². The average Bonchev–Trinajstić information content (AvgIpc) is 2.39. The van der Waals surface area contributed by atoms with Gasteiger partial charge in [-0.3, -0.25) is 0 Å². The molecule has 1 fully saturated rings. The van der Waals surface area contributed by atoms with Crippen LogP contribution in [0, 0.1) is 5.92 Å². The van der Waals surface area contributed by atoms with Crippen molar-refractivity contribution in [2.75, 3.05) is 24.6 Å². The summed E-state index contributed by atoms with van der Waals surface area (Å²) in [6.07, 6.45) is 3.89. The zero-order chi connectivity index (χ0) is 12.3. The Balaban J connectivity index is 2.13. The number of pyridine rings is 1. The highest BCUT2D eigenvalue weighted by atomic mass is 16.3. The van der Waals surface area contributed by atoms with E-state index in [9.17, 15) is 0 Å². The Morgan fingerprint density at radius 2 is 2.24 bits per heavy atom. The van der Waals surface area contributed by atoms with Gasteiger partial charge < -0.3 is 15.7 Å². The van der Waals surface area contributed by atoms with E-state index in [1.165, 1.54) is 0 Å². The van der Waals surface area contributed by atoms with Crippen LogP contribution in [-0.4, -0.2) is 29.8 Å². The molecule has 2 heterocycles. The van der Waals surface area contributed by atoms with Crippen LogP contribution in [0.25, 0.3) is 0 Å². The topological polar surface area (TPSA) is 62.4 Å². The largest absolute Gasteiger partial charge is 0.396 e. The third-order valence-corrected chi connectivity index (χ3v) is 3.48. The fourth-order valence-corrected chi connectivity index (χ4v) is 2.36. The summed E-state index contributed by atoms with van der Waals surface area (Å²) < 4.78 is 0. The van der Waals surface area contributed by atoms with Crippen molar-refractivity contribution in [1.29, 1.82) is 0 Å². The van der Waals surface area contributed by atoms with E-state index in [2.05, 4.69) is 9.88 Å². The van der Waals surface area contributed by atoms with Crippen LogP contribution in [0.3, 0.4) is 0 Å². The maximum absolute atomic E-state index is 9.14. The molecule has 0 aliphatic carbocycles. The molecule has 1 aromatic heterocycles. The summed E-state index contributed by atoms with van der Waals surface area (Å²) in [6, 6.07) is 3.99. The van der Waals surface area contributed by atoms with Crippen LogP contribution in [0.1, 0.15) is 31.4 Å². The summed E-state index contributed by atoms with van der Waals surface area (Å²) >= 11 is 0. The predicted octanol–water partition coefficient (Wildman–Crippen LogP) is 1.31. The van der Waals surface area contributed by atoms with Gasteiger partial charge >= 0.3 is 0 Å². The van der Waals surface area contributed by atoms with Gasteiger partial charge in [-0.15, -0.1) is 0 Å². The lowest BCUT2D eigenvalue weighted by Crippen LogP contribution is -2.36. The minimum absolute atomic E-state index is 0.00858. The van der Waals surface area contributed by atoms with E-state index in [1.54, 1.807) is 0 Å². The van der Waals surface area contributed by atoms with E-state index in [0.29, 0.717) is 12.5 Å². The van der Waals surface area contributed by atoms with Crippen molar-refractivity contribution < 1.29 is 5.11 Å². The molecule has 1 aromatic rings. The number of piperidine rings is 1. The van der Waals surface area contributed by atoms with Crippen LogP contribution in [0.15, 0.2) is 18.3 Å². The van der Waals surface area contributed by atoms with E-state index >= 15 is 0 Å². The Labute approximate surface area is 102 Å². The lowest BCUT2D eigenvalue weighted by atomic mass is 9.97. The summed E-state index contributed by atoms with van der Waals surface area (Å²) in [5, 5.41) is 9.14. The van der Waals surface area contributed by atoms with Crippen LogP contribution in [0.5, 0.6) is 0 Å². The van der Waals surface area contributed by atoms with Crippen molar-refractivity contribution in [1.82, 2.24) is 4.98 Å². The first-order valence-corrected chi connectivity index (χ1v) is 6.28. The summed E-state index contributed by atoms with van der Waals surface area (Å²) in [7, 11) is 0. The Hall–Kier alpha value is -1.13. The molecule has 94 valence electrons. The third kappa shape index (κ3) is 2.76. The number of nitrogens with zero attached hydrogens (tertiary/aromatic N) is 2. The van der Waals surface area contributed by atoms with Gasteiger partial charge in [0.2, 0.25) is 0 Å². The van der Waals surface area contributed by atoms with Crippen molar-refractivity contribution in [3.05, 3.63) is 23.9 Å². The molecule has 17 heavy (non-hydrogen) atoms. The zero-order valence-electron chi connectivity index (χ0n) is 10.3. The Morgan fingerprint density at radius 3 is 2.82 bits per heavy atom. The minimum atomic E-state index is 0.00858. The Kier molecular flexibility index (Phi) is 3.97. The molecule has 1 atom stereocenters. The normalized spacial score (nSPS) is 19.4. The van der Waals surface area contributed by atoms with Crippen LogP contribution in [0.2, 0.25) is 0 Å². The van der Waals surface area contributed by atoms with Crippen molar-refractivity contribution in [2.45, 2.75) is 25.8 Å². The lowest BCUT2D eigenvalue weighted by Gasteiger charge is -2.33. The fraction of sp³-hybridized carbons (Fsp3) is 0.615. The second-order valence-corrected chi connectivity index (χ2v) is 4.82. The molecular weight excluding hydrogens is 214 g/mol. The zero-order valence-corrected chi connectivity index (χ0v) is 10.3. The van der Waals surface area contributed by atoms with E-state index in [0.717, 1.165) is 37.3 Å². The molecule has 1 aliphatic heterocycles. The molecule has 1 unspecified atom stereocenters. The molecular formula is C13H21N3O. The molecule has 0 saturated carbocycles. The summed E-state index contributed by atoms with van der Waals surface area (Å²) in [5.74, 6) is 1.47. The van der Waals surface area contributed by atoms with Crippen molar-refractivity contribution in [3.8, 4) is 0 Å². The van der Waals surface area contributed by atoms with Crippen molar-refractivity contribution in [3.63, 3.8) is 0 Å². The maximum Gasteiger partial charge on any atom is 0.133 e. The molecule has 0 amide bonds. The van der Waals surface area contributed by atoms with E-state index in [1.807, 2.05) is 25.3 Å². The molecule has 4 heteroatoms. The highest BCUT2D eigenvalue weighted by molar-refractivity contribution is 5.48. The van der Waals surface area contributed by atoms with Gasteiger partial charge in [-0.2, -0.15) is 0 Å². The number of aliphatic hydroxyl groups is 1. The monoisotopic (exact) mass is 235 g/mol. The first-order valence-electron chi connectivity index (χ1n) is 6.28. The standard InChI is InChI=1S/C13H21N3O/c1-10(14)12-3-2-6-15-13(12)16-7-4-11(9-17)5-8-16/h2-3,6,10-11,17H,4-5,7-9,14H2,1H3. The molecule has 3 N–H and O–H groups in total.